The zero-order chi connectivity index (χ0) is 12.3. The third-order valence-corrected chi connectivity index (χ3v) is 2.37. The van der Waals surface area contributed by atoms with Gasteiger partial charge in [0.15, 0.2) is 0 Å². The lowest BCUT2D eigenvalue weighted by molar-refractivity contribution is -0.135. The van der Waals surface area contributed by atoms with Gasteiger partial charge < -0.3 is 9.72 Å². The maximum Gasteiger partial charge on any atom is 0.262 e. The van der Waals surface area contributed by atoms with Gasteiger partial charge in [-0.1, -0.05) is 6.07 Å². The number of rotatable bonds is 4. The largest absolute Gasteiger partial charge is 0.367 e. The highest BCUT2D eigenvalue weighted by Crippen LogP contribution is 2.12. The summed E-state index contributed by atoms with van der Waals surface area (Å²) in [6.07, 6.45) is 1.64. The van der Waals surface area contributed by atoms with Crippen molar-refractivity contribution in [1.82, 2.24) is 15.0 Å². The molecule has 0 unspecified atom stereocenters. The molecule has 0 aliphatic rings. The minimum Gasteiger partial charge on any atom is -0.367 e. The van der Waals surface area contributed by atoms with Gasteiger partial charge in [-0.3, -0.25) is 9.80 Å². The van der Waals surface area contributed by atoms with Crippen LogP contribution in [-0.2, 0) is 16.1 Å². The van der Waals surface area contributed by atoms with Crippen LogP contribution in [0.3, 0.4) is 0 Å². The van der Waals surface area contributed by atoms with Gasteiger partial charge in [0.25, 0.3) is 5.91 Å². The van der Waals surface area contributed by atoms with E-state index >= 15 is 0 Å². The van der Waals surface area contributed by atoms with E-state index in [0.717, 1.165) is 21.6 Å². The van der Waals surface area contributed by atoms with E-state index in [1.54, 1.807) is 6.33 Å². The first kappa shape index (κ1) is 11.6. The van der Waals surface area contributed by atoms with Crippen molar-refractivity contribution in [3.8, 4) is 0 Å². The molecule has 0 atom stereocenters. The number of likely N-dealkylation sites (N-methyl/N-ethyl adjacent to an activating group) is 1. The Balaban J connectivity index is 1.92. The van der Waals surface area contributed by atoms with Crippen LogP contribution in [0.15, 0.2) is 24.5 Å². The molecule has 0 saturated heterocycles. The second-order valence-electron chi connectivity index (χ2n) is 3.75. The molecule has 2 aromatic rings. The van der Waals surface area contributed by atoms with Gasteiger partial charge in [0.2, 0.25) is 0 Å². The summed E-state index contributed by atoms with van der Waals surface area (Å²) in [5.41, 5.74) is 2.84. The van der Waals surface area contributed by atoms with Crippen LogP contribution in [0, 0.1) is 0 Å². The molecule has 0 bridgehead atoms. The number of carbonyl (C=O) groups excluding carboxylic acids is 1. The van der Waals surface area contributed by atoms with Crippen LogP contribution in [0.2, 0.25) is 0 Å². The van der Waals surface area contributed by atoms with E-state index in [1.165, 1.54) is 7.05 Å². The van der Waals surface area contributed by atoms with Gasteiger partial charge in [0.05, 0.1) is 24.0 Å². The number of nitrogens with two attached hydrogens (primary N) is 1. The normalized spacial score (nSPS) is 10.7. The average Bonchev–Trinajstić information content (AvgIpc) is 2.75. The van der Waals surface area contributed by atoms with Crippen LogP contribution in [0.1, 0.15) is 5.56 Å². The van der Waals surface area contributed by atoms with Gasteiger partial charge in [-0.05, 0) is 17.7 Å². The third kappa shape index (κ3) is 2.80. The predicted molar refractivity (Wildman–Crippen MR) is 62.7 cm³/mol. The van der Waals surface area contributed by atoms with E-state index < -0.39 is 0 Å². The van der Waals surface area contributed by atoms with E-state index in [1.807, 2.05) is 18.2 Å². The van der Waals surface area contributed by atoms with Gasteiger partial charge in [-0.25, -0.2) is 10.8 Å². The van der Waals surface area contributed by atoms with Gasteiger partial charge in [0, 0.05) is 7.05 Å². The number of carbonyl (C=O) groups is 1. The molecule has 1 heterocycles. The Hall–Kier alpha value is -1.92. The van der Waals surface area contributed by atoms with Crippen LogP contribution < -0.4 is 5.84 Å². The lowest BCUT2D eigenvalue weighted by Crippen LogP contribution is -2.35. The Bertz CT molecular complexity index is 521. The second kappa shape index (κ2) is 4.94. The number of hydrazine groups is 1. The lowest BCUT2D eigenvalue weighted by atomic mass is 10.2. The molecule has 0 saturated carbocycles. The number of H-pyrrole nitrogens is 1. The Morgan fingerprint density at radius 2 is 2.41 bits per heavy atom. The molecule has 6 nitrogen and oxygen atoms in total. The first-order chi connectivity index (χ1) is 8.16. The van der Waals surface area contributed by atoms with Crippen LogP contribution in [0.25, 0.3) is 11.0 Å². The predicted octanol–water partition coefficient (Wildman–Crippen LogP) is 0.412. The molecule has 2 rings (SSSR count). The van der Waals surface area contributed by atoms with Crippen LogP contribution in [0.5, 0.6) is 0 Å². The Morgan fingerprint density at radius 3 is 3.18 bits per heavy atom. The van der Waals surface area contributed by atoms with E-state index in [4.69, 9.17) is 10.6 Å². The van der Waals surface area contributed by atoms with Gasteiger partial charge in [-0.2, -0.15) is 0 Å². The molecule has 3 N–H and O–H groups in total. The fourth-order valence-electron chi connectivity index (χ4n) is 1.43. The first-order valence-corrected chi connectivity index (χ1v) is 5.18. The lowest BCUT2D eigenvalue weighted by Gasteiger charge is -2.09. The molecule has 0 aliphatic heterocycles. The fourth-order valence-corrected chi connectivity index (χ4v) is 1.43. The summed E-state index contributed by atoms with van der Waals surface area (Å²) in [4.78, 5) is 18.3. The summed E-state index contributed by atoms with van der Waals surface area (Å²) in [5.74, 6) is 5.01. The number of benzene rings is 1. The number of nitrogens with one attached hydrogen (secondary N) is 1. The molecule has 0 fully saturated rings. The standard InChI is InChI=1S/C11H14N4O2/c1-15(12)11(16)6-17-5-8-2-3-9-10(4-8)14-7-13-9/h2-4,7H,5-6,12H2,1H3,(H,13,14). The summed E-state index contributed by atoms with van der Waals surface area (Å²) >= 11 is 0. The number of hydrogen-bond donors (Lipinski definition) is 2. The van der Waals surface area contributed by atoms with Crippen molar-refractivity contribution in [2.24, 2.45) is 5.84 Å². The van der Waals surface area contributed by atoms with Crippen molar-refractivity contribution in [3.63, 3.8) is 0 Å². The number of nitrogens with zero attached hydrogens (tertiary/aromatic N) is 2. The smallest absolute Gasteiger partial charge is 0.262 e. The number of aromatic nitrogens is 2. The van der Waals surface area contributed by atoms with Crippen LogP contribution in [0.4, 0.5) is 0 Å². The van der Waals surface area contributed by atoms with Gasteiger partial charge in [0.1, 0.15) is 6.61 Å². The Kier molecular flexibility index (Phi) is 3.36. The number of aromatic amines is 1. The molecule has 0 radical (unpaired) electrons. The maximum atomic E-state index is 11.2. The highest BCUT2D eigenvalue weighted by Gasteiger charge is 2.04. The number of imidazole rings is 1. The van der Waals surface area contributed by atoms with E-state index in [-0.39, 0.29) is 12.5 Å². The molecule has 6 heteroatoms. The molecule has 1 aromatic heterocycles. The number of amides is 1. The van der Waals surface area contributed by atoms with Gasteiger partial charge in [-0.15, -0.1) is 0 Å². The topological polar surface area (TPSA) is 84.2 Å². The van der Waals surface area contributed by atoms with Crippen molar-refractivity contribution in [3.05, 3.63) is 30.1 Å². The monoisotopic (exact) mass is 234 g/mol. The van der Waals surface area contributed by atoms with E-state index in [9.17, 15) is 4.79 Å². The minimum atomic E-state index is -0.257. The summed E-state index contributed by atoms with van der Waals surface area (Å²) in [5, 5.41) is 1.01. The first-order valence-electron chi connectivity index (χ1n) is 5.18. The Morgan fingerprint density at radius 1 is 1.59 bits per heavy atom. The number of hydrogen-bond acceptors (Lipinski definition) is 4. The maximum absolute atomic E-state index is 11.2. The van der Waals surface area contributed by atoms with Crippen LogP contribution in [-0.4, -0.2) is 34.5 Å². The average molecular weight is 234 g/mol. The molecule has 90 valence electrons. The zero-order valence-electron chi connectivity index (χ0n) is 9.51. The van der Waals surface area contributed by atoms with E-state index in [0.29, 0.717) is 6.61 Å². The van der Waals surface area contributed by atoms with Gasteiger partial charge >= 0.3 is 0 Å². The quantitative estimate of drug-likeness (QED) is 0.456. The van der Waals surface area contributed by atoms with E-state index in [2.05, 4.69) is 9.97 Å². The van der Waals surface area contributed by atoms with Crippen molar-refractivity contribution < 1.29 is 9.53 Å². The minimum absolute atomic E-state index is 0.0198. The summed E-state index contributed by atoms with van der Waals surface area (Å²) in [7, 11) is 1.49. The van der Waals surface area contributed by atoms with Crippen LogP contribution >= 0.6 is 0 Å². The van der Waals surface area contributed by atoms with Crippen molar-refractivity contribution >= 4 is 16.9 Å². The fraction of sp³-hybridized carbons (Fsp3) is 0.273. The highest BCUT2D eigenvalue weighted by atomic mass is 16.5. The number of fused-ring (bicyclic) bond motifs is 1. The molecular weight excluding hydrogens is 220 g/mol. The third-order valence-electron chi connectivity index (χ3n) is 2.37. The Labute approximate surface area is 98.3 Å². The SMILES string of the molecule is CN(N)C(=O)COCc1ccc2nc[nH]c2c1. The summed E-state index contributed by atoms with van der Waals surface area (Å²) < 4.78 is 5.26. The molecule has 0 spiro atoms. The van der Waals surface area contributed by atoms with Crippen molar-refractivity contribution in [2.45, 2.75) is 6.61 Å². The molecule has 1 amide bonds. The molecule has 0 aliphatic carbocycles. The van der Waals surface area contributed by atoms with Crippen molar-refractivity contribution in [1.29, 1.82) is 0 Å². The number of ether oxygens (including phenoxy) is 1. The molecular formula is C11H14N4O2. The van der Waals surface area contributed by atoms with Crippen molar-refractivity contribution in [2.75, 3.05) is 13.7 Å². The zero-order valence-corrected chi connectivity index (χ0v) is 9.51. The highest BCUT2D eigenvalue weighted by molar-refractivity contribution is 5.76. The molecule has 17 heavy (non-hydrogen) atoms. The summed E-state index contributed by atoms with van der Waals surface area (Å²) in [6, 6.07) is 5.76. The summed E-state index contributed by atoms with van der Waals surface area (Å²) in [6.45, 7) is 0.350. The second-order valence-corrected chi connectivity index (χ2v) is 3.75. The molecule has 1 aromatic carbocycles.